The number of benzene rings is 2. The van der Waals surface area contributed by atoms with Gasteiger partial charge in [0.2, 0.25) is 0 Å². The molecule has 0 atom stereocenters. The van der Waals surface area contributed by atoms with Gasteiger partial charge in [0.25, 0.3) is 0 Å². The molecule has 0 heterocycles. The molecule has 0 bridgehead atoms. The van der Waals surface area contributed by atoms with E-state index >= 15 is 0 Å². The number of halogens is 4. The van der Waals surface area contributed by atoms with Gasteiger partial charge in [0.05, 0.1) is 5.56 Å². The first-order chi connectivity index (χ1) is 13.8. The minimum atomic E-state index is -4.74. The molecule has 2 aromatic carbocycles. The van der Waals surface area contributed by atoms with Crippen molar-refractivity contribution in [1.82, 2.24) is 4.72 Å². The van der Waals surface area contributed by atoms with Crippen molar-refractivity contribution in [2.24, 2.45) is 10.7 Å². The molecule has 0 saturated carbocycles. The maximum Gasteiger partial charge on any atom is 0.419 e. The van der Waals surface area contributed by atoms with Crippen molar-refractivity contribution in [3.8, 4) is 11.1 Å². The molecule has 0 saturated heterocycles. The maximum absolute atomic E-state index is 14.0. The Labute approximate surface area is 171 Å². The van der Waals surface area contributed by atoms with Gasteiger partial charge in [-0.3, -0.25) is 9.71 Å². The summed E-state index contributed by atoms with van der Waals surface area (Å²) < 4.78 is 55.4. The second kappa shape index (κ2) is 10.3. The monoisotopic (exact) mass is 426 g/mol. The number of hydrogen-bond acceptors (Lipinski definition) is 5. The Morgan fingerprint density at radius 1 is 1.17 bits per heavy atom. The number of nitrogens with one attached hydrogen (secondary N) is 2. The topological polar surface area (TPSA) is 62.4 Å². The van der Waals surface area contributed by atoms with Crippen LogP contribution in [0.15, 0.2) is 47.5 Å². The van der Waals surface area contributed by atoms with Gasteiger partial charge in [-0.1, -0.05) is 24.1 Å². The summed E-state index contributed by atoms with van der Waals surface area (Å²) in [4.78, 5) is 3.87. The molecular formula is C20H22F4N4S. The zero-order valence-electron chi connectivity index (χ0n) is 16.0. The zero-order valence-corrected chi connectivity index (χ0v) is 16.8. The Hall–Kier alpha value is -2.52. The molecule has 156 valence electrons. The van der Waals surface area contributed by atoms with E-state index in [4.69, 9.17) is 5.73 Å². The SMILES string of the molecule is CN=C/C=C(\N)c1cc(-c2ccc(C(F)(F)F)c(F)c2)ccc1NCCSNC. The van der Waals surface area contributed by atoms with Crippen LogP contribution in [0.25, 0.3) is 16.8 Å². The number of nitrogens with two attached hydrogens (primary N) is 1. The van der Waals surface area contributed by atoms with Crippen LogP contribution in [0.5, 0.6) is 0 Å². The Kier molecular flexibility index (Phi) is 8.10. The minimum absolute atomic E-state index is 0.325. The molecule has 0 radical (unpaired) electrons. The van der Waals surface area contributed by atoms with E-state index in [1.807, 2.05) is 7.05 Å². The van der Waals surface area contributed by atoms with Crippen LogP contribution in [0.3, 0.4) is 0 Å². The van der Waals surface area contributed by atoms with Crippen molar-refractivity contribution in [2.45, 2.75) is 6.18 Å². The third kappa shape index (κ3) is 6.23. The standard InChI is InChI=1S/C20H22F4N4S/c1-26-8-7-18(25)15-11-13(4-6-19(15)28-9-10-29-27-2)14-3-5-16(17(21)12-14)20(22,23)24/h3-8,11-12,27-28H,9-10,25H2,1-2H3/b18-7-,26-8?. The van der Waals surface area contributed by atoms with Gasteiger partial charge in [-0.2, -0.15) is 13.2 Å². The zero-order chi connectivity index (χ0) is 21.4. The van der Waals surface area contributed by atoms with Gasteiger partial charge in [0, 0.05) is 42.5 Å². The number of hydrogen-bond donors (Lipinski definition) is 3. The number of alkyl halides is 3. The lowest BCUT2D eigenvalue weighted by Crippen LogP contribution is -2.10. The summed E-state index contributed by atoms with van der Waals surface area (Å²) in [6.45, 7) is 0.669. The Morgan fingerprint density at radius 2 is 1.86 bits per heavy atom. The van der Waals surface area contributed by atoms with Gasteiger partial charge < -0.3 is 11.1 Å². The first-order valence-electron chi connectivity index (χ1n) is 8.69. The van der Waals surface area contributed by atoms with Crippen molar-refractivity contribution in [1.29, 1.82) is 0 Å². The second-order valence-electron chi connectivity index (χ2n) is 5.96. The first-order valence-corrected chi connectivity index (χ1v) is 9.68. The second-order valence-corrected chi connectivity index (χ2v) is 7.07. The van der Waals surface area contributed by atoms with E-state index in [-0.39, 0.29) is 0 Å². The van der Waals surface area contributed by atoms with Crippen LogP contribution in [0.1, 0.15) is 11.1 Å². The van der Waals surface area contributed by atoms with Crippen LogP contribution in [0.2, 0.25) is 0 Å². The minimum Gasteiger partial charge on any atom is -0.398 e. The van der Waals surface area contributed by atoms with E-state index in [1.165, 1.54) is 6.07 Å². The Balaban J connectivity index is 2.42. The molecule has 0 fully saturated rings. The largest absolute Gasteiger partial charge is 0.419 e. The van der Waals surface area contributed by atoms with E-state index in [2.05, 4.69) is 15.0 Å². The maximum atomic E-state index is 14.0. The normalized spacial score (nSPS) is 12.6. The lowest BCUT2D eigenvalue weighted by atomic mass is 9.98. The summed E-state index contributed by atoms with van der Waals surface area (Å²) in [5.41, 5.74) is 7.58. The number of nitrogens with zero attached hydrogens (tertiary/aromatic N) is 1. The molecule has 4 N–H and O–H groups in total. The fourth-order valence-corrected chi connectivity index (χ4v) is 3.03. The number of anilines is 1. The van der Waals surface area contributed by atoms with Gasteiger partial charge >= 0.3 is 6.18 Å². The lowest BCUT2D eigenvalue weighted by molar-refractivity contribution is -0.139. The summed E-state index contributed by atoms with van der Waals surface area (Å²) in [6, 6.07) is 8.06. The molecule has 2 aromatic rings. The highest BCUT2D eigenvalue weighted by atomic mass is 32.2. The number of aliphatic imine (C=N–C) groups is 1. The van der Waals surface area contributed by atoms with Crippen LogP contribution < -0.4 is 15.8 Å². The smallest absolute Gasteiger partial charge is 0.398 e. The number of rotatable bonds is 8. The molecule has 0 aliphatic rings. The average Bonchev–Trinajstić information content (AvgIpc) is 2.68. The molecule has 9 heteroatoms. The van der Waals surface area contributed by atoms with Gasteiger partial charge in [0.1, 0.15) is 5.82 Å². The molecule has 2 rings (SSSR count). The van der Waals surface area contributed by atoms with Crippen LogP contribution in [-0.2, 0) is 6.18 Å². The highest BCUT2D eigenvalue weighted by molar-refractivity contribution is 7.97. The van der Waals surface area contributed by atoms with Gasteiger partial charge in [-0.25, -0.2) is 4.39 Å². The fraction of sp³-hybridized carbons (Fsp3) is 0.250. The number of allylic oxidation sites excluding steroid dienone is 1. The van der Waals surface area contributed by atoms with E-state index in [9.17, 15) is 17.6 Å². The predicted molar refractivity (Wildman–Crippen MR) is 113 cm³/mol. The van der Waals surface area contributed by atoms with Crippen molar-refractivity contribution in [2.75, 3.05) is 31.7 Å². The summed E-state index contributed by atoms with van der Waals surface area (Å²) in [7, 11) is 3.44. The van der Waals surface area contributed by atoms with Crippen molar-refractivity contribution in [3.63, 3.8) is 0 Å². The summed E-state index contributed by atoms with van der Waals surface area (Å²) >= 11 is 1.55. The molecule has 0 aliphatic carbocycles. The van der Waals surface area contributed by atoms with Crippen molar-refractivity contribution < 1.29 is 17.6 Å². The third-order valence-electron chi connectivity index (χ3n) is 4.01. The highest BCUT2D eigenvalue weighted by Gasteiger charge is 2.33. The molecule has 0 spiro atoms. The summed E-state index contributed by atoms with van der Waals surface area (Å²) in [5.74, 6) is -0.508. The van der Waals surface area contributed by atoms with Crippen LogP contribution in [0.4, 0.5) is 23.2 Å². The van der Waals surface area contributed by atoms with E-state index < -0.39 is 17.6 Å². The molecule has 0 unspecified atom stereocenters. The van der Waals surface area contributed by atoms with Crippen LogP contribution in [0, 0.1) is 5.82 Å². The molecule has 4 nitrogen and oxygen atoms in total. The third-order valence-corrected chi connectivity index (χ3v) is 4.70. The fourth-order valence-electron chi connectivity index (χ4n) is 2.62. The first kappa shape index (κ1) is 22.8. The molecule has 0 amide bonds. The quantitative estimate of drug-likeness (QED) is 0.246. The molecular weight excluding hydrogens is 404 g/mol. The molecule has 0 aliphatic heterocycles. The molecule has 0 aromatic heterocycles. The van der Waals surface area contributed by atoms with Gasteiger partial charge in [0.15, 0.2) is 0 Å². The van der Waals surface area contributed by atoms with Crippen LogP contribution >= 0.6 is 11.9 Å². The van der Waals surface area contributed by atoms with E-state index in [0.717, 1.165) is 23.6 Å². The van der Waals surface area contributed by atoms with Gasteiger partial charge in [-0.05, 0) is 48.5 Å². The lowest BCUT2D eigenvalue weighted by Gasteiger charge is -2.15. The van der Waals surface area contributed by atoms with Crippen molar-refractivity contribution >= 4 is 29.5 Å². The summed E-state index contributed by atoms with van der Waals surface area (Å²) in [5, 5.41) is 3.28. The van der Waals surface area contributed by atoms with Crippen molar-refractivity contribution in [3.05, 3.63) is 59.4 Å². The predicted octanol–water partition coefficient (Wildman–Crippen LogP) is 4.79. The van der Waals surface area contributed by atoms with E-state index in [1.54, 1.807) is 49.5 Å². The van der Waals surface area contributed by atoms with E-state index in [0.29, 0.717) is 28.9 Å². The van der Waals surface area contributed by atoms with Crippen LogP contribution in [-0.4, -0.2) is 32.6 Å². The van der Waals surface area contributed by atoms with Gasteiger partial charge in [-0.15, -0.1) is 0 Å². The Morgan fingerprint density at radius 3 is 2.48 bits per heavy atom. The average molecular weight is 426 g/mol. The highest BCUT2D eigenvalue weighted by Crippen LogP contribution is 2.34. The summed E-state index contributed by atoms with van der Waals surface area (Å²) in [6.07, 6.45) is -1.57. The Bertz CT molecular complexity index is 895. The molecule has 29 heavy (non-hydrogen) atoms.